The summed E-state index contributed by atoms with van der Waals surface area (Å²) in [7, 11) is 0. The average Bonchev–Trinajstić information content (AvgIpc) is 3.13. The second-order valence-electron chi connectivity index (χ2n) is 16.2. The van der Waals surface area contributed by atoms with Crippen molar-refractivity contribution in [1.82, 2.24) is 37.2 Å². The summed E-state index contributed by atoms with van der Waals surface area (Å²) in [5, 5.41) is 27.5. The summed E-state index contributed by atoms with van der Waals surface area (Å²) in [4.78, 5) is 74.7. The molecule has 0 aliphatic carbocycles. The number of rotatable bonds is 16. The fourth-order valence-electron chi connectivity index (χ4n) is 3.75. The lowest BCUT2D eigenvalue weighted by Gasteiger charge is -2.07. The zero-order chi connectivity index (χ0) is 50.7. The summed E-state index contributed by atoms with van der Waals surface area (Å²) >= 11 is 0. The molecule has 0 aliphatic rings. The first-order valence-electron chi connectivity index (χ1n) is 22.0. The molecule has 0 saturated carbocycles. The van der Waals surface area contributed by atoms with Gasteiger partial charge in [-0.1, -0.05) is 45.2 Å². The quantitative estimate of drug-likeness (QED) is 0.0837. The molecular formula is C48H91N7O8. The molecule has 1 aromatic rings. The molecule has 1 aromatic carbocycles. The number of aliphatic hydroxyl groups is 1. The first-order valence-corrected chi connectivity index (χ1v) is 22.0. The van der Waals surface area contributed by atoms with Crippen LogP contribution in [0, 0.1) is 0 Å². The topological polar surface area (TPSA) is 224 Å². The van der Waals surface area contributed by atoms with Crippen LogP contribution in [0.5, 0.6) is 0 Å². The third-order valence-corrected chi connectivity index (χ3v) is 6.08. The lowest BCUT2D eigenvalue weighted by Crippen LogP contribution is -2.30. The molecule has 1 rings (SSSR count). The first kappa shape index (κ1) is 69.6. The molecule has 8 N–H and O–H groups in total. The molecule has 63 heavy (non-hydrogen) atoms. The molecule has 0 aromatic heterocycles. The maximum atomic E-state index is 11.3. The Morgan fingerprint density at radius 3 is 1.17 bits per heavy atom. The normalized spacial score (nSPS) is 9.56. The number of hydrogen-bond acceptors (Lipinski definition) is 8. The Morgan fingerprint density at radius 1 is 0.556 bits per heavy atom. The second kappa shape index (κ2) is 46.5. The molecule has 15 nitrogen and oxygen atoms in total. The fraction of sp³-hybridized carbons (Fsp3) is 0.646. The minimum absolute atomic E-state index is 0.00870. The molecule has 0 fully saturated rings. The van der Waals surface area contributed by atoms with E-state index in [0.29, 0.717) is 36.8 Å². The van der Waals surface area contributed by atoms with Crippen LogP contribution in [0.1, 0.15) is 167 Å². The van der Waals surface area contributed by atoms with E-state index in [9.17, 15) is 33.6 Å². The van der Waals surface area contributed by atoms with Gasteiger partial charge < -0.3 is 42.3 Å². The summed E-state index contributed by atoms with van der Waals surface area (Å²) in [6.07, 6.45) is 4.40. The molecule has 0 aliphatic heterocycles. The lowest BCUT2D eigenvalue weighted by atomic mass is 10.2. The standard InChI is InChI=1S/C10H13NO.C7H15NO2.C7H13NO.C7H15NO.C6H13NO.C6H11NO.C5H11NO/c1-8(2)11-10(12)9-6-4-3-5-7-9;1-6(2)8-7(10)4-3-5-9;1-5(2)7(9)8-6(3)4;1-4-5-7(9)8-6(2)3;2*1-4-6(8)7-5(2)3;1-4(2)6-5(3)7/h3-8H,1-2H3,(H,11,12);6,9H,3-5H2,1-2H3,(H,8,10);6H,1H2,2-4H3,(H,8,9);6H,4-5H2,1-3H3,(H,8,9);5H,4H2,1-3H3,(H,7,8);4-5H,1H2,2-3H3,(H,7,8);4H,1-3H3,(H,6,7). The van der Waals surface area contributed by atoms with Gasteiger partial charge in [0.25, 0.3) is 5.91 Å². The van der Waals surface area contributed by atoms with E-state index in [-0.39, 0.29) is 90.3 Å². The number of carbonyl (C=O) groups is 7. The number of benzene rings is 1. The highest BCUT2D eigenvalue weighted by molar-refractivity contribution is 5.94. The summed E-state index contributed by atoms with van der Waals surface area (Å²) in [5.41, 5.74) is 1.27. The van der Waals surface area contributed by atoms with E-state index in [0.717, 1.165) is 6.42 Å². The Labute approximate surface area is 382 Å². The van der Waals surface area contributed by atoms with Crippen molar-refractivity contribution < 1.29 is 38.7 Å². The fourth-order valence-corrected chi connectivity index (χ4v) is 3.75. The van der Waals surface area contributed by atoms with Crippen LogP contribution < -0.4 is 37.2 Å². The summed E-state index contributed by atoms with van der Waals surface area (Å²) in [6.45, 7) is 41.0. The highest BCUT2D eigenvalue weighted by atomic mass is 16.3. The highest BCUT2D eigenvalue weighted by Gasteiger charge is 2.05. The minimum Gasteiger partial charge on any atom is -0.396 e. The van der Waals surface area contributed by atoms with Gasteiger partial charge in [-0.3, -0.25) is 33.6 Å². The molecule has 366 valence electrons. The van der Waals surface area contributed by atoms with Crippen LogP contribution in [-0.2, 0) is 28.8 Å². The van der Waals surface area contributed by atoms with Gasteiger partial charge in [-0.25, -0.2) is 0 Å². The van der Waals surface area contributed by atoms with E-state index < -0.39 is 0 Å². The van der Waals surface area contributed by atoms with Crippen molar-refractivity contribution in [2.75, 3.05) is 6.61 Å². The minimum atomic E-state index is -0.111. The van der Waals surface area contributed by atoms with Crippen LogP contribution in [0.25, 0.3) is 0 Å². The number of nitrogens with one attached hydrogen (secondary N) is 7. The molecule has 0 unspecified atom stereocenters. The Kier molecular flexibility index (Phi) is 51.4. The van der Waals surface area contributed by atoms with Gasteiger partial charge in [0.05, 0.1) is 0 Å². The van der Waals surface area contributed by atoms with Crippen molar-refractivity contribution in [2.24, 2.45) is 0 Å². The van der Waals surface area contributed by atoms with Crippen molar-refractivity contribution in [1.29, 1.82) is 0 Å². The van der Waals surface area contributed by atoms with E-state index in [1.54, 1.807) is 19.1 Å². The van der Waals surface area contributed by atoms with Gasteiger partial charge in [-0.15, -0.1) is 0 Å². The average molecular weight is 894 g/mol. The maximum Gasteiger partial charge on any atom is 0.251 e. The lowest BCUT2D eigenvalue weighted by molar-refractivity contribution is -0.122. The number of amides is 7. The molecule has 0 spiro atoms. The Hall–Kier alpha value is -5.05. The van der Waals surface area contributed by atoms with Gasteiger partial charge in [0.15, 0.2) is 0 Å². The maximum absolute atomic E-state index is 11.3. The molecular weight excluding hydrogens is 803 g/mol. The molecule has 0 radical (unpaired) electrons. The van der Waals surface area contributed by atoms with Crippen LogP contribution in [0.3, 0.4) is 0 Å². The van der Waals surface area contributed by atoms with E-state index in [2.05, 4.69) is 50.4 Å². The Balaban J connectivity index is -0.000000151. The van der Waals surface area contributed by atoms with Crippen molar-refractivity contribution in [2.45, 2.75) is 199 Å². The van der Waals surface area contributed by atoms with Crippen molar-refractivity contribution in [3.05, 3.63) is 60.7 Å². The van der Waals surface area contributed by atoms with Gasteiger partial charge in [-0.2, -0.15) is 0 Å². The first-order chi connectivity index (χ1) is 29.0. The molecule has 0 heterocycles. The highest BCUT2D eigenvalue weighted by Crippen LogP contribution is 1.98. The van der Waals surface area contributed by atoms with Crippen LogP contribution in [0.2, 0.25) is 0 Å². The smallest absolute Gasteiger partial charge is 0.251 e. The predicted molar refractivity (Wildman–Crippen MR) is 261 cm³/mol. The largest absolute Gasteiger partial charge is 0.396 e. The zero-order valence-corrected chi connectivity index (χ0v) is 42.5. The van der Waals surface area contributed by atoms with Crippen molar-refractivity contribution in [3.8, 4) is 0 Å². The van der Waals surface area contributed by atoms with Gasteiger partial charge >= 0.3 is 0 Å². The molecule has 0 saturated heterocycles. The number of aliphatic hydroxyl groups excluding tert-OH is 1. The van der Waals surface area contributed by atoms with Gasteiger partial charge in [0, 0.05) is 86.2 Å². The molecule has 15 heteroatoms. The van der Waals surface area contributed by atoms with Crippen LogP contribution in [0.15, 0.2) is 55.1 Å². The van der Waals surface area contributed by atoms with Crippen LogP contribution >= 0.6 is 0 Å². The second-order valence-corrected chi connectivity index (χ2v) is 16.2. The van der Waals surface area contributed by atoms with Crippen LogP contribution in [-0.4, -0.2) is 95.4 Å². The van der Waals surface area contributed by atoms with E-state index in [4.69, 9.17) is 5.11 Å². The van der Waals surface area contributed by atoms with E-state index in [1.165, 1.54) is 13.0 Å². The zero-order valence-electron chi connectivity index (χ0n) is 42.5. The van der Waals surface area contributed by atoms with Gasteiger partial charge in [0.2, 0.25) is 35.4 Å². The number of hydrogen-bond donors (Lipinski definition) is 8. The summed E-state index contributed by atoms with van der Waals surface area (Å²) < 4.78 is 0. The molecule has 7 amide bonds. The summed E-state index contributed by atoms with van der Waals surface area (Å²) in [6, 6.07) is 10.9. The van der Waals surface area contributed by atoms with Crippen molar-refractivity contribution in [3.63, 3.8) is 0 Å². The molecule has 0 atom stereocenters. The third kappa shape index (κ3) is 68.9. The van der Waals surface area contributed by atoms with Gasteiger partial charge in [0.1, 0.15) is 0 Å². The van der Waals surface area contributed by atoms with Crippen LogP contribution in [0.4, 0.5) is 0 Å². The third-order valence-electron chi connectivity index (χ3n) is 6.08. The van der Waals surface area contributed by atoms with E-state index in [1.807, 2.05) is 129 Å². The van der Waals surface area contributed by atoms with Crippen molar-refractivity contribution >= 4 is 41.4 Å². The Morgan fingerprint density at radius 2 is 0.937 bits per heavy atom. The van der Waals surface area contributed by atoms with E-state index >= 15 is 0 Å². The number of carbonyl (C=O) groups excluding carboxylic acids is 7. The SMILES string of the molecule is C=C(C)C(=O)NC(C)C.C=CC(=O)NC(C)C.CC(=O)NC(C)C.CC(C)NC(=O)CCCO.CC(C)NC(=O)c1ccccc1.CCC(=O)NC(C)C.CCCC(=O)NC(C)C. The molecule has 0 bridgehead atoms. The summed E-state index contributed by atoms with van der Waals surface area (Å²) in [5.74, 6) is 0.155. The Bertz CT molecular complexity index is 1380. The van der Waals surface area contributed by atoms with Gasteiger partial charge in [-0.05, 0) is 135 Å². The monoisotopic (exact) mass is 894 g/mol. The predicted octanol–water partition coefficient (Wildman–Crippen LogP) is 6.66.